The van der Waals surface area contributed by atoms with E-state index in [1.165, 1.54) is 0 Å². The number of tetrazole rings is 1. The van der Waals surface area contributed by atoms with E-state index in [2.05, 4.69) is 15.5 Å². The van der Waals surface area contributed by atoms with Crippen LogP contribution in [0.15, 0.2) is 24.3 Å². The lowest BCUT2D eigenvalue weighted by Gasteiger charge is -2.22. The SMILES string of the molecule is Nc1ccccc1-c1nnnn1C1CCOCC1. The Morgan fingerprint density at radius 1 is 1.22 bits per heavy atom. The third-order valence-electron chi connectivity index (χ3n) is 3.23. The highest BCUT2D eigenvalue weighted by molar-refractivity contribution is 5.71. The monoisotopic (exact) mass is 245 g/mol. The topological polar surface area (TPSA) is 78.9 Å². The van der Waals surface area contributed by atoms with Gasteiger partial charge in [0.15, 0.2) is 5.82 Å². The number of para-hydroxylation sites is 1. The maximum atomic E-state index is 5.98. The standard InChI is InChI=1S/C12H15N5O/c13-11-4-2-1-3-10(11)12-14-15-16-17(12)9-5-7-18-8-6-9/h1-4,9H,5-8,13H2. The van der Waals surface area contributed by atoms with Gasteiger partial charge in [-0.3, -0.25) is 0 Å². The number of rotatable bonds is 2. The summed E-state index contributed by atoms with van der Waals surface area (Å²) in [5.74, 6) is 0.736. The zero-order chi connectivity index (χ0) is 12.4. The molecule has 0 bridgehead atoms. The molecule has 1 aromatic heterocycles. The summed E-state index contributed by atoms with van der Waals surface area (Å²) >= 11 is 0. The molecule has 0 aliphatic carbocycles. The summed E-state index contributed by atoms with van der Waals surface area (Å²) in [7, 11) is 0. The van der Waals surface area contributed by atoms with Crippen molar-refractivity contribution in [1.82, 2.24) is 20.2 Å². The van der Waals surface area contributed by atoms with E-state index in [9.17, 15) is 0 Å². The quantitative estimate of drug-likeness (QED) is 0.806. The van der Waals surface area contributed by atoms with Crippen molar-refractivity contribution in [1.29, 1.82) is 0 Å². The van der Waals surface area contributed by atoms with Crippen molar-refractivity contribution < 1.29 is 4.74 Å². The molecule has 0 radical (unpaired) electrons. The largest absolute Gasteiger partial charge is 0.398 e. The summed E-state index contributed by atoms with van der Waals surface area (Å²) in [5, 5.41) is 12.0. The molecule has 6 heteroatoms. The van der Waals surface area contributed by atoms with Crippen molar-refractivity contribution in [2.75, 3.05) is 18.9 Å². The van der Waals surface area contributed by atoms with Crippen LogP contribution in [0.25, 0.3) is 11.4 Å². The second kappa shape index (κ2) is 4.73. The van der Waals surface area contributed by atoms with Gasteiger partial charge in [-0.2, -0.15) is 0 Å². The van der Waals surface area contributed by atoms with Gasteiger partial charge in [0.1, 0.15) is 0 Å². The van der Waals surface area contributed by atoms with Crippen LogP contribution in [0.5, 0.6) is 0 Å². The first kappa shape index (κ1) is 11.2. The van der Waals surface area contributed by atoms with E-state index >= 15 is 0 Å². The Hall–Kier alpha value is -1.95. The number of ether oxygens (including phenoxy) is 1. The zero-order valence-electron chi connectivity index (χ0n) is 9.99. The second-order valence-corrected chi connectivity index (χ2v) is 4.38. The van der Waals surface area contributed by atoms with E-state index < -0.39 is 0 Å². The summed E-state index contributed by atoms with van der Waals surface area (Å²) in [6, 6.07) is 7.94. The Morgan fingerprint density at radius 3 is 2.78 bits per heavy atom. The molecule has 0 amide bonds. The minimum Gasteiger partial charge on any atom is -0.398 e. The molecule has 0 saturated carbocycles. The molecule has 6 nitrogen and oxygen atoms in total. The molecule has 1 saturated heterocycles. The van der Waals surface area contributed by atoms with Crippen molar-refractivity contribution in [3.63, 3.8) is 0 Å². The average Bonchev–Trinajstić information content (AvgIpc) is 2.89. The van der Waals surface area contributed by atoms with Crippen molar-refractivity contribution in [3.8, 4) is 11.4 Å². The maximum Gasteiger partial charge on any atom is 0.184 e. The number of aromatic nitrogens is 4. The highest BCUT2D eigenvalue weighted by atomic mass is 16.5. The molecule has 0 spiro atoms. The highest BCUT2D eigenvalue weighted by Crippen LogP contribution is 2.28. The first-order chi connectivity index (χ1) is 8.86. The maximum absolute atomic E-state index is 5.98. The minimum absolute atomic E-state index is 0.295. The van der Waals surface area contributed by atoms with Crippen molar-refractivity contribution in [2.45, 2.75) is 18.9 Å². The lowest BCUT2D eigenvalue weighted by Crippen LogP contribution is -2.21. The van der Waals surface area contributed by atoms with E-state index in [4.69, 9.17) is 10.5 Å². The molecule has 1 fully saturated rings. The van der Waals surface area contributed by atoms with E-state index in [1.54, 1.807) is 0 Å². The minimum atomic E-state index is 0.295. The fourth-order valence-electron chi connectivity index (χ4n) is 2.25. The van der Waals surface area contributed by atoms with Crippen molar-refractivity contribution in [2.24, 2.45) is 0 Å². The van der Waals surface area contributed by atoms with Crippen LogP contribution < -0.4 is 5.73 Å². The van der Waals surface area contributed by atoms with Crippen LogP contribution in [0.3, 0.4) is 0 Å². The van der Waals surface area contributed by atoms with Gasteiger partial charge in [-0.15, -0.1) is 5.10 Å². The van der Waals surface area contributed by atoms with Crippen LogP contribution in [0.4, 0.5) is 5.69 Å². The number of anilines is 1. The van der Waals surface area contributed by atoms with E-state index in [0.29, 0.717) is 11.7 Å². The van der Waals surface area contributed by atoms with Gasteiger partial charge in [0.05, 0.1) is 6.04 Å². The van der Waals surface area contributed by atoms with Crippen LogP contribution in [0.1, 0.15) is 18.9 Å². The first-order valence-corrected chi connectivity index (χ1v) is 6.07. The Labute approximate surface area is 105 Å². The molecule has 94 valence electrons. The molecule has 3 rings (SSSR count). The lowest BCUT2D eigenvalue weighted by molar-refractivity contribution is 0.0662. The summed E-state index contributed by atoms with van der Waals surface area (Å²) in [4.78, 5) is 0. The molecule has 0 atom stereocenters. The number of benzene rings is 1. The number of nitrogens with zero attached hydrogens (tertiary/aromatic N) is 4. The highest BCUT2D eigenvalue weighted by Gasteiger charge is 2.21. The summed E-state index contributed by atoms with van der Waals surface area (Å²) in [6.45, 7) is 1.52. The smallest absolute Gasteiger partial charge is 0.184 e. The van der Waals surface area contributed by atoms with Gasteiger partial charge in [0, 0.05) is 24.5 Å². The average molecular weight is 245 g/mol. The molecule has 2 aromatic rings. The van der Waals surface area contributed by atoms with Crippen molar-refractivity contribution >= 4 is 5.69 Å². The predicted molar refractivity (Wildman–Crippen MR) is 66.8 cm³/mol. The number of nitrogen functional groups attached to an aromatic ring is 1. The van der Waals surface area contributed by atoms with Crippen LogP contribution >= 0.6 is 0 Å². The Balaban J connectivity index is 1.98. The molecular weight excluding hydrogens is 230 g/mol. The van der Waals surface area contributed by atoms with Crippen LogP contribution in [-0.2, 0) is 4.74 Å². The van der Waals surface area contributed by atoms with Gasteiger partial charge in [0.2, 0.25) is 0 Å². The van der Waals surface area contributed by atoms with Crippen LogP contribution in [0, 0.1) is 0 Å². The first-order valence-electron chi connectivity index (χ1n) is 6.07. The molecule has 1 aliphatic heterocycles. The van der Waals surface area contributed by atoms with E-state index in [-0.39, 0.29) is 0 Å². The molecule has 18 heavy (non-hydrogen) atoms. The van der Waals surface area contributed by atoms with Crippen molar-refractivity contribution in [3.05, 3.63) is 24.3 Å². The van der Waals surface area contributed by atoms with Crippen LogP contribution in [0.2, 0.25) is 0 Å². The molecule has 1 aromatic carbocycles. The number of hydrogen-bond acceptors (Lipinski definition) is 5. The zero-order valence-corrected chi connectivity index (χ0v) is 9.99. The molecule has 2 heterocycles. The fraction of sp³-hybridized carbons (Fsp3) is 0.417. The lowest BCUT2D eigenvalue weighted by atomic mass is 10.1. The number of nitrogens with two attached hydrogens (primary N) is 1. The van der Waals surface area contributed by atoms with Gasteiger partial charge >= 0.3 is 0 Å². The Kier molecular flexibility index (Phi) is 2.93. The predicted octanol–water partition coefficient (Wildman–Crippen LogP) is 1.27. The normalized spacial score (nSPS) is 16.9. The van der Waals surface area contributed by atoms with Crippen LogP contribution in [-0.4, -0.2) is 33.4 Å². The second-order valence-electron chi connectivity index (χ2n) is 4.38. The molecule has 2 N–H and O–H groups in total. The van der Waals surface area contributed by atoms with E-state index in [0.717, 1.165) is 37.4 Å². The summed E-state index contributed by atoms with van der Waals surface area (Å²) in [6.07, 6.45) is 1.87. The Bertz CT molecular complexity index is 533. The van der Waals surface area contributed by atoms with Gasteiger partial charge in [-0.25, -0.2) is 4.68 Å². The molecule has 1 aliphatic rings. The van der Waals surface area contributed by atoms with Gasteiger partial charge in [0.25, 0.3) is 0 Å². The third kappa shape index (κ3) is 1.95. The van der Waals surface area contributed by atoms with Gasteiger partial charge < -0.3 is 10.5 Å². The van der Waals surface area contributed by atoms with Gasteiger partial charge in [-0.05, 0) is 35.4 Å². The molecular formula is C12H15N5O. The molecule has 0 unspecified atom stereocenters. The Morgan fingerprint density at radius 2 is 2.00 bits per heavy atom. The summed E-state index contributed by atoms with van der Waals surface area (Å²) in [5.41, 5.74) is 7.55. The number of hydrogen-bond donors (Lipinski definition) is 1. The van der Waals surface area contributed by atoms with Gasteiger partial charge in [-0.1, -0.05) is 12.1 Å². The third-order valence-corrected chi connectivity index (χ3v) is 3.23. The fourth-order valence-corrected chi connectivity index (χ4v) is 2.25. The summed E-state index contributed by atoms with van der Waals surface area (Å²) < 4.78 is 7.23. The van der Waals surface area contributed by atoms with E-state index in [1.807, 2.05) is 28.9 Å².